The molecule has 0 amide bonds. The van der Waals surface area contributed by atoms with Crippen molar-refractivity contribution in [2.45, 2.75) is 6.54 Å². The Balaban J connectivity index is 1.84. The van der Waals surface area contributed by atoms with Crippen LogP contribution in [0.5, 0.6) is 0 Å². The second-order valence-corrected chi connectivity index (χ2v) is 7.28. The topological polar surface area (TPSA) is 123 Å². The van der Waals surface area contributed by atoms with E-state index in [1.807, 2.05) is 24.3 Å². The smallest absolute Gasteiger partial charge is 0.152 e. The Morgan fingerprint density at radius 2 is 2.12 bits per heavy atom. The van der Waals surface area contributed by atoms with Crippen LogP contribution in [-0.2, 0) is 17.9 Å². The van der Waals surface area contributed by atoms with E-state index >= 15 is 0 Å². The molecular formula is C16H17N7OS. The van der Waals surface area contributed by atoms with Crippen LogP contribution in [-0.4, -0.2) is 47.3 Å². The van der Waals surface area contributed by atoms with Gasteiger partial charge in [-0.15, -0.1) is 4.31 Å². The number of benzene rings is 1. The minimum absolute atomic E-state index is 0.365. The van der Waals surface area contributed by atoms with Gasteiger partial charge in [-0.3, -0.25) is 5.10 Å². The van der Waals surface area contributed by atoms with Crippen LogP contribution < -0.4 is 5.73 Å². The molecule has 0 spiro atoms. The highest BCUT2D eigenvalue weighted by atomic mass is 32.2. The van der Waals surface area contributed by atoms with Crippen LogP contribution in [0.4, 0.5) is 5.82 Å². The number of imidazole rings is 1. The molecule has 1 unspecified atom stereocenters. The third-order valence-corrected chi connectivity index (χ3v) is 5.12. The molecule has 1 atom stereocenters. The number of pyridine rings is 1. The van der Waals surface area contributed by atoms with Crippen LogP contribution in [0.15, 0.2) is 30.5 Å². The highest BCUT2D eigenvalue weighted by molar-refractivity contribution is 7.88. The molecule has 4 aromatic rings. The second kappa shape index (κ2) is 6.03. The van der Waals surface area contributed by atoms with Crippen molar-refractivity contribution in [1.29, 1.82) is 0 Å². The first kappa shape index (κ1) is 15.9. The van der Waals surface area contributed by atoms with Gasteiger partial charge in [0.15, 0.2) is 5.82 Å². The van der Waals surface area contributed by atoms with E-state index in [4.69, 9.17) is 5.73 Å². The van der Waals surface area contributed by atoms with Crippen LogP contribution in [0.25, 0.3) is 33.2 Å². The Morgan fingerprint density at radius 1 is 1.28 bits per heavy atom. The molecule has 4 N–H and O–H groups in total. The molecule has 3 heterocycles. The summed E-state index contributed by atoms with van der Waals surface area (Å²) in [6.45, 7) is 0.435. The van der Waals surface area contributed by atoms with Crippen molar-refractivity contribution in [3.63, 3.8) is 0 Å². The predicted molar refractivity (Wildman–Crippen MR) is 98.9 cm³/mol. The zero-order valence-electron chi connectivity index (χ0n) is 13.8. The van der Waals surface area contributed by atoms with E-state index < -0.39 is 11.4 Å². The van der Waals surface area contributed by atoms with Crippen LogP contribution >= 0.6 is 0 Å². The molecule has 0 saturated carbocycles. The van der Waals surface area contributed by atoms with Crippen molar-refractivity contribution in [3.05, 3.63) is 36.3 Å². The number of aromatic nitrogens is 5. The Labute approximate surface area is 146 Å². The number of hydrogen-bond acceptors (Lipinski definition) is 6. The van der Waals surface area contributed by atoms with Gasteiger partial charge in [0.2, 0.25) is 0 Å². The molecule has 8 nitrogen and oxygen atoms in total. The van der Waals surface area contributed by atoms with E-state index in [0.29, 0.717) is 23.7 Å². The first-order valence-electron chi connectivity index (χ1n) is 7.65. The summed E-state index contributed by atoms with van der Waals surface area (Å²) in [6.07, 6.45) is 3.41. The summed E-state index contributed by atoms with van der Waals surface area (Å²) < 4.78 is 13.2. The van der Waals surface area contributed by atoms with Crippen molar-refractivity contribution in [2.75, 3.05) is 19.0 Å². The summed E-state index contributed by atoms with van der Waals surface area (Å²) in [5.74, 6) is 1.06. The van der Waals surface area contributed by atoms with Gasteiger partial charge < -0.3 is 15.3 Å². The molecule has 3 aromatic heterocycles. The van der Waals surface area contributed by atoms with E-state index in [1.165, 1.54) is 0 Å². The lowest BCUT2D eigenvalue weighted by molar-refractivity contribution is 0.463. The molecule has 1 aromatic carbocycles. The normalized spacial score (nSPS) is 13.1. The van der Waals surface area contributed by atoms with E-state index in [-0.39, 0.29) is 0 Å². The third-order valence-electron chi connectivity index (χ3n) is 4.11. The summed E-state index contributed by atoms with van der Waals surface area (Å²) >= 11 is -1.07. The highest BCUT2D eigenvalue weighted by Gasteiger charge is 2.16. The highest BCUT2D eigenvalue weighted by Crippen LogP contribution is 2.29. The summed E-state index contributed by atoms with van der Waals surface area (Å²) in [4.78, 5) is 12.3. The fourth-order valence-electron chi connectivity index (χ4n) is 2.78. The van der Waals surface area contributed by atoms with Gasteiger partial charge in [-0.2, -0.15) is 5.10 Å². The molecule has 0 radical (unpaired) electrons. The molecule has 128 valence electrons. The minimum Gasteiger partial charge on any atom is -0.598 e. The quantitative estimate of drug-likeness (QED) is 0.480. The van der Waals surface area contributed by atoms with E-state index in [9.17, 15) is 4.55 Å². The van der Waals surface area contributed by atoms with Crippen LogP contribution in [0.2, 0.25) is 0 Å². The maximum absolute atomic E-state index is 11.5. The fraction of sp³-hybridized carbons (Fsp3) is 0.188. The first-order valence-corrected chi connectivity index (χ1v) is 9.17. The Morgan fingerprint density at radius 3 is 2.84 bits per heavy atom. The Kier molecular flexibility index (Phi) is 3.83. The lowest BCUT2D eigenvalue weighted by atomic mass is 10.1. The molecule has 0 aliphatic heterocycles. The molecule has 0 saturated heterocycles. The molecule has 0 bridgehead atoms. The molecular weight excluding hydrogens is 338 g/mol. The number of nitrogens with one attached hydrogen (secondary N) is 2. The zero-order valence-corrected chi connectivity index (χ0v) is 14.6. The number of nitrogens with two attached hydrogens (primary N) is 1. The maximum atomic E-state index is 11.5. The van der Waals surface area contributed by atoms with Crippen LogP contribution in [0.1, 0.15) is 5.82 Å². The van der Waals surface area contributed by atoms with Crippen LogP contribution in [0, 0.1) is 0 Å². The average Bonchev–Trinajstić information content (AvgIpc) is 3.24. The van der Waals surface area contributed by atoms with E-state index in [1.54, 1.807) is 23.8 Å². The van der Waals surface area contributed by atoms with Gasteiger partial charge in [0.25, 0.3) is 0 Å². The van der Waals surface area contributed by atoms with E-state index in [2.05, 4.69) is 25.1 Å². The number of nitrogens with zero attached hydrogens (tertiary/aromatic N) is 4. The Hall–Kier alpha value is -2.62. The lowest BCUT2D eigenvalue weighted by Gasteiger charge is -2.14. The van der Waals surface area contributed by atoms with Crippen molar-refractivity contribution in [2.24, 2.45) is 0 Å². The largest absolute Gasteiger partial charge is 0.598 e. The third kappa shape index (κ3) is 2.82. The van der Waals surface area contributed by atoms with Gasteiger partial charge >= 0.3 is 0 Å². The average molecular weight is 355 g/mol. The standard InChI is InChI=1S/C16H17N7OS/c1-23(25(2)24)8-13-20-14-10-4-3-9(11-5-6-18-22-11)7-12(10)19-16(17)15(14)21-13/h3-7H,8H2,1-2H3,(H2,17,19)(H,18,22)(H,20,21). The summed E-state index contributed by atoms with van der Waals surface area (Å²) in [5.41, 5.74) is 10.1. The van der Waals surface area contributed by atoms with Gasteiger partial charge in [-0.25, -0.2) is 9.97 Å². The molecule has 25 heavy (non-hydrogen) atoms. The van der Waals surface area contributed by atoms with Crippen molar-refractivity contribution < 1.29 is 4.55 Å². The summed E-state index contributed by atoms with van der Waals surface area (Å²) in [6, 6.07) is 7.83. The summed E-state index contributed by atoms with van der Waals surface area (Å²) in [7, 11) is 1.78. The number of aromatic amines is 2. The lowest BCUT2D eigenvalue weighted by Crippen LogP contribution is -2.25. The molecule has 4 rings (SSSR count). The van der Waals surface area contributed by atoms with Gasteiger partial charge in [-0.05, 0) is 18.2 Å². The van der Waals surface area contributed by atoms with Gasteiger partial charge in [0.1, 0.15) is 24.1 Å². The zero-order chi connectivity index (χ0) is 17.6. The number of H-pyrrole nitrogens is 2. The number of hydrogen-bond donors (Lipinski definition) is 3. The van der Waals surface area contributed by atoms with Gasteiger partial charge in [0, 0.05) is 35.6 Å². The van der Waals surface area contributed by atoms with Crippen molar-refractivity contribution in [1.82, 2.24) is 29.5 Å². The fourth-order valence-corrected chi connectivity index (χ4v) is 3.08. The van der Waals surface area contributed by atoms with Gasteiger partial charge in [-0.1, -0.05) is 6.07 Å². The van der Waals surface area contributed by atoms with Crippen LogP contribution in [0.3, 0.4) is 0 Å². The molecule has 0 fully saturated rings. The first-order chi connectivity index (χ1) is 12.0. The van der Waals surface area contributed by atoms with Crippen molar-refractivity contribution >= 4 is 39.1 Å². The minimum atomic E-state index is -1.07. The van der Waals surface area contributed by atoms with E-state index in [0.717, 1.165) is 27.7 Å². The predicted octanol–water partition coefficient (Wildman–Crippen LogP) is 1.81. The summed E-state index contributed by atoms with van der Waals surface area (Å²) in [5, 5.41) is 7.93. The SMILES string of the molecule is CN(Cc1nc2c(N)nc3cc(-c4cc[nH]n4)ccc3c2[nH]1)[S+](C)[O-]. The number of rotatable bonds is 4. The number of fused-ring (bicyclic) bond motifs is 3. The number of nitrogen functional groups attached to an aromatic ring is 1. The maximum Gasteiger partial charge on any atom is 0.152 e. The molecule has 0 aliphatic rings. The second-order valence-electron chi connectivity index (χ2n) is 5.81. The molecule has 9 heteroatoms. The monoisotopic (exact) mass is 355 g/mol. The van der Waals surface area contributed by atoms with Crippen molar-refractivity contribution in [3.8, 4) is 11.3 Å². The molecule has 0 aliphatic carbocycles. The van der Waals surface area contributed by atoms with Gasteiger partial charge in [0.05, 0.1) is 16.7 Å². The number of anilines is 1. The Bertz CT molecular complexity index is 1040.